The van der Waals surface area contributed by atoms with Gasteiger partial charge in [-0.25, -0.2) is 13.8 Å². The van der Waals surface area contributed by atoms with Crippen LogP contribution in [0, 0.1) is 29.9 Å². The van der Waals surface area contributed by atoms with Gasteiger partial charge in [0.2, 0.25) is 0 Å². The number of methoxy groups -OCH3 is 1. The van der Waals surface area contributed by atoms with Crippen molar-refractivity contribution < 1.29 is 13.5 Å². The highest BCUT2D eigenvalue weighted by molar-refractivity contribution is 5.94. The molecule has 1 aliphatic heterocycles. The molecule has 1 N–H and O–H groups in total. The zero-order valence-electron chi connectivity index (χ0n) is 19.1. The van der Waals surface area contributed by atoms with Gasteiger partial charge in [-0.05, 0) is 44.5 Å². The van der Waals surface area contributed by atoms with Gasteiger partial charge in [0, 0.05) is 35.2 Å². The Morgan fingerprint density at radius 3 is 2.57 bits per heavy atom. The largest absolute Gasteiger partial charge is 0.491 e. The fourth-order valence-electron chi connectivity index (χ4n) is 4.48. The van der Waals surface area contributed by atoms with E-state index in [0.717, 1.165) is 30.8 Å². The van der Waals surface area contributed by atoms with Crippen LogP contribution in [0.25, 0.3) is 27.7 Å². The Labute approximate surface area is 199 Å². The normalized spacial score (nSPS) is 15.3. The molecule has 1 fully saturated rings. The van der Waals surface area contributed by atoms with Crippen molar-refractivity contribution in [3.63, 3.8) is 0 Å². The molecule has 5 rings (SSSR count). The molecule has 1 atom stereocenters. The van der Waals surface area contributed by atoms with E-state index in [2.05, 4.69) is 16.4 Å². The smallest absolute Gasteiger partial charge is 0.266 e. The molecule has 0 saturated carbocycles. The summed E-state index contributed by atoms with van der Waals surface area (Å²) in [4.78, 5) is 23.1. The quantitative estimate of drug-likeness (QED) is 0.474. The molecular formula is C26H21F2N5O2. The summed E-state index contributed by atoms with van der Waals surface area (Å²) in [5.74, 6) is -2.05. The van der Waals surface area contributed by atoms with Crippen LogP contribution in [0.1, 0.15) is 36.0 Å². The molecule has 9 heteroatoms. The number of fused-ring (bicyclic) bond motifs is 1. The molecule has 0 radical (unpaired) electrons. The number of halogens is 2. The number of ether oxygens (including phenoxy) is 1. The first-order valence-corrected chi connectivity index (χ1v) is 11.1. The van der Waals surface area contributed by atoms with Gasteiger partial charge >= 0.3 is 0 Å². The van der Waals surface area contributed by atoms with E-state index >= 15 is 0 Å². The number of nitrogens with one attached hydrogen (secondary N) is 1. The average molecular weight is 473 g/mol. The number of nitrogens with zero attached hydrogens (tertiary/aromatic N) is 4. The summed E-state index contributed by atoms with van der Waals surface area (Å²) in [5, 5.41) is 13.1. The molecule has 2 aromatic heterocycles. The fourth-order valence-corrected chi connectivity index (χ4v) is 4.48. The van der Waals surface area contributed by atoms with Gasteiger partial charge in [0.1, 0.15) is 5.82 Å². The lowest BCUT2D eigenvalue weighted by Crippen LogP contribution is -2.29. The molecule has 0 spiro atoms. The fraction of sp³-hybridized carbons (Fsp3) is 0.231. The van der Waals surface area contributed by atoms with Crippen molar-refractivity contribution in [1.29, 1.82) is 5.26 Å². The Balaban J connectivity index is 1.87. The maximum absolute atomic E-state index is 14.6. The number of pyridine rings is 1. The van der Waals surface area contributed by atoms with Crippen molar-refractivity contribution in [3.8, 4) is 28.6 Å². The van der Waals surface area contributed by atoms with Gasteiger partial charge in [-0.2, -0.15) is 5.26 Å². The van der Waals surface area contributed by atoms with E-state index < -0.39 is 22.9 Å². The highest BCUT2D eigenvalue weighted by Gasteiger charge is 2.26. The molecule has 0 amide bonds. The third kappa shape index (κ3) is 3.92. The van der Waals surface area contributed by atoms with Gasteiger partial charge < -0.3 is 10.1 Å². The van der Waals surface area contributed by atoms with Crippen LogP contribution in [-0.4, -0.2) is 28.2 Å². The van der Waals surface area contributed by atoms with Crippen molar-refractivity contribution in [3.05, 3.63) is 81.7 Å². The summed E-state index contributed by atoms with van der Waals surface area (Å²) < 4.78 is 35.3. The summed E-state index contributed by atoms with van der Waals surface area (Å²) in [5.41, 5.74) is 2.23. The van der Waals surface area contributed by atoms with Crippen LogP contribution >= 0.6 is 0 Å². The zero-order valence-corrected chi connectivity index (χ0v) is 19.1. The lowest BCUT2D eigenvalue weighted by atomic mass is 10.00. The van der Waals surface area contributed by atoms with E-state index in [0.29, 0.717) is 28.9 Å². The van der Waals surface area contributed by atoms with E-state index in [1.54, 1.807) is 12.3 Å². The second kappa shape index (κ2) is 8.89. The molecule has 0 aliphatic carbocycles. The molecular weight excluding hydrogens is 452 g/mol. The van der Waals surface area contributed by atoms with E-state index in [1.165, 1.54) is 17.7 Å². The molecule has 0 unspecified atom stereocenters. The minimum atomic E-state index is -0.933. The maximum atomic E-state index is 14.6. The Kier molecular flexibility index (Phi) is 5.75. The first kappa shape index (κ1) is 22.6. The van der Waals surface area contributed by atoms with Crippen LogP contribution in [0.3, 0.4) is 0 Å². The van der Waals surface area contributed by atoms with Gasteiger partial charge in [-0.3, -0.25) is 14.3 Å². The second-order valence-corrected chi connectivity index (χ2v) is 8.42. The number of benzene rings is 2. The molecule has 176 valence electrons. The number of hydrogen-bond acceptors (Lipinski definition) is 6. The summed E-state index contributed by atoms with van der Waals surface area (Å²) in [7, 11) is 1.17. The van der Waals surface area contributed by atoms with Gasteiger partial charge in [-0.1, -0.05) is 6.07 Å². The molecule has 2 aromatic carbocycles. The molecule has 0 bridgehead atoms. The number of rotatable bonds is 4. The highest BCUT2D eigenvalue weighted by Crippen LogP contribution is 2.32. The van der Waals surface area contributed by atoms with Gasteiger partial charge in [0.15, 0.2) is 17.4 Å². The lowest BCUT2D eigenvalue weighted by Gasteiger charge is -2.20. The van der Waals surface area contributed by atoms with Crippen LogP contribution in [0.5, 0.6) is 5.75 Å². The van der Waals surface area contributed by atoms with Gasteiger partial charge in [-0.15, -0.1) is 0 Å². The SMILES string of the molecule is COc1c(F)cc(-n2c([C@H]3CCCN3)nc3c(-c4ccc(C)nc4)cc(C#N)cc3c2=O)cc1F. The first-order valence-electron chi connectivity index (χ1n) is 11.1. The van der Waals surface area contributed by atoms with E-state index in [1.807, 2.05) is 19.1 Å². The standard InChI is InChI=1S/C26H21F2N5O2/c1-14-5-6-16(13-31-14)18-8-15(12-29)9-19-23(18)32-25(22-4-3-7-30-22)33(26(19)34)17-10-20(27)24(35-2)21(28)11-17/h5-6,8-11,13,22,30H,3-4,7H2,1-2H3/t22-/m1/s1. The van der Waals surface area contributed by atoms with Crippen LogP contribution in [0.15, 0.2) is 47.4 Å². The lowest BCUT2D eigenvalue weighted by molar-refractivity contribution is 0.359. The van der Waals surface area contributed by atoms with Crippen LogP contribution in [0.2, 0.25) is 0 Å². The van der Waals surface area contributed by atoms with Crippen molar-refractivity contribution in [2.45, 2.75) is 25.8 Å². The van der Waals surface area contributed by atoms with Crippen molar-refractivity contribution in [2.24, 2.45) is 0 Å². The predicted molar refractivity (Wildman–Crippen MR) is 126 cm³/mol. The predicted octanol–water partition coefficient (Wildman–Crippen LogP) is 4.34. The Hall–Kier alpha value is -4.16. The minimum absolute atomic E-state index is 0.00943. The van der Waals surface area contributed by atoms with E-state index in [-0.39, 0.29) is 22.7 Å². The van der Waals surface area contributed by atoms with Crippen molar-refractivity contribution in [1.82, 2.24) is 19.9 Å². The van der Waals surface area contributed by atoms with Gasteiger partial charge in [0.05, 0.1) is 41.4 Å². The first-order chi connectivity index (χ1) is 16.9. The maximum Gasteiger partial charge on any atom is 0.266 e. The molecule has 1 saturated heterocycles. The van der Waals surface area contributed by atoms with Crippen LogP contribution in [-0.2, 0) is 0 Å². The Morgan fingerprint density at radius 2 is 1.97 bits per heavy atom. The molecule has 7 nitrogen and oxygen atoms in total. The summed E-state index contributed by atoms with van der Waals surface area (Å²) in [6, 6.07) is 10.7. The number of hydrogen-bond donors (Lipinski definition) is 1. The monoisotopic (exact) mass is 473 g/mol. The minimum Gasteiger partial charge on any atom is -0.491 e. The van der Waals surface area contributed by atoms with E-state index in [4.69, 9.17) is 9.72 Å². The Bertz CT molecular complexity index is 1530. The Morgan fingerprint density at radius 1 is 1.20 bits per heavy atom. The summed E-state index contributed by atoms with van der Waals surface area (Å²) in [6.07, 6.45) is 3.24. The number of nitriles is 1. The number of aryl methyl sites for hydroxylation is 1. The summed E-state index contributed by atoms with van der Waals surface area (Å²) >= 11 is 0. The average Bonchev–Trinajstić information content (AvgIpc) is 3.39. The summed E-state index contributed by atoms with van der Waals surface area (Å²) in [6.45, 7) is 2.59. The second-order valence-electron chi connectivity index (χ2n) is 8.42. The van der Waals surface area contributed by atoms with Crippen LogP contribution < -0.4 is 15.6 Å². The third-order valence-corrected chi connectivity index (χ3v) is 6.17. The molecule has 3 heterocycles. The van der Waals surface area contributed by atoms with Crippen LogP contribution in [0.4, 0.5) is 8.78 Å². The molecule has 4 aromatic rings. The highest BCUT2D eigenvalue weighted by atomic mass is 19.1. The topological polar surface area (TPSA) is 92.8 Å². The number of aromatic nitrogens is 3. The van der Waals surface area contributed by atoms with Crippen molar-refractivity contribution >= 4 is 10.9 Å². The van der Waals surface area contributed by atoms with Gasteiger partial charge in [0.25, 0.3) is 5.56 Å². The molecule has 1 aliphatic rings. The third-order valence-electron chi connectivity index (χ3n) is 6.17. The molecule has 35 heavy (non-hydrogen) atoms. The zero-order chi connectivity index (χ0) is 24.7. The van der Waals surface area contributed by atoms with E-state index in [9.17, 15) is 18.8 Å². The van der Waals surface area contributed by atoms with Crippen molar-refractivity contribution in [2.75, 3.05) is 13.7 Å².